The molecule has 0 bridgehead atoms. The van der Waals surface area contributed by atoms with E-state index in [1.807, 2.05) is 24.1 Å². The molecule has 2 aromatic rings. The van der Waals surface area contributed by atoms with Crippen LogP contribution in [0.15, 0.2) is 47.7 Å². The molecule has 0 aromatic heterocycles. The first-order valence-corrected chi connectivity index (χ1v) is 22.7. The van der Waals surface area contributed by atoms with Gasteiger partial charge in [-0.15, -0.1) is 37.9 Å². The standard InChI is InChI=1S/C45H65N7O4S3/c1-5-33-22-35(41-29-52(45(57,58)59)27-37-25-47-14-10-40(37)41)24-43(56-4)42(33)28-50-20-18-49(19-21-50)15-11-32-12-16-51(17-13-32)38-7-6-34(30-53)36(23-38)26-48(3)39(31-54)8-9-44(55)46-2/h6-7,22-24,29-32,39,47,57-59H,5,8-21,25-28H2,1-4H3,(H,46,55). The summed E-state index contributed by atoms with van der Waals surface area (Å²) >= 11 is 14.0. The fourth-order valence-electron chi connectivity index (χ4n) is 9.14. The van der Waals surface area contributed by atoms with Gasteiger partial charge in [-0.2, -0.15) is 0 Å². The van der Waals surface area contributed by atoms with Gasteiger partial charge in [0.05, 0.1) is 13.2 Å². The molecule has 11 nitrogen and oxygen atoms in total. The lowest BCUT2D eigenvalue weighted by atomic mass is 9.86. The SMILES string of the molecule is CCc1cc(C2=CN(C(S)(S)S)CC3=C2CCNC3)cc(OC)c1CN1CCN(CCC2CCN(c3ccc(C=O)c(CN(C)C(C=O)CCC(=O)NC)c3)CC2)CC1. The fraction of sp³-hybridized carbons (Fsp3) is 0.578. The first-order chi connectivity index (χ1) is 28.4. The van der Waals surface area contributed by atoms with Crippen LogP contribution < -0.4 is 20.3 Å². The Morgan fingerprint density at radius 2 is 1.80 bits per heavy atom. The minimum Gasteiger partial charge on any atom is -0.496 e. The minimum atomic E-state index is -0.864. The molecule has 0 spiro atoms. The highest BCUT2D eigenvalue weighted by Crippen LogP contribution is 2.42. The number of carbonyl (C=O) groups is 3. The number of benzene rings is 2. The first kappa shape index (κ1) is 45.5. The largest absolute Gasteiger partial charge is 0.496 e. The van der Waals surface area contributed by atoms with E-state index in [9.17, 15) is 14.4 Å². The summed E-state index contributed by atoms with van der Waals surface area (Å²) in [5.41, 5.74) is 10.5. The van der Waals surface area contributed by atoms with Crippen LogP contribution in [0.1, 0.15) is 78.1 Å². The number of aldehydes is 2. The van der Waals surface area contributed by atoms with Crippen LogP contribution in [0.4, 0.5) is 5.69 Å². The second kappa shape index (κ2) is 21.2. The monoisotopic (exact) mass is 863 g/mol. The van der Waals surface area contributed by atoms with E-state index in [1.54, 1.807) is 14.2 Å². The Kier molecular flexibility index (Phi) is 16.4. The maximum absolute atomic E-state index is 11.9. The van der Waals surface area contributed by atoms with Crippen LogP contribution in [-0.4, -0.2) is 134 Å². The summed E-state index contributed by atoms with van der Waals surface area (Å²) < 4.78 is 5.26. The summed E-state index contributed by atoms with van der Waals surface area (Å²) in [6, 6.07) is 10.3. The minimum absolute atomic E-state index is 0.0866. The van der Waals surface area contributed by atoms with Gasteiger partial charge in [0.15, 0.2) is 3.54 Å². The van der Waals surface area contributed by atoms with E-state index in [-0.39, 0.29) is 12.3 Å². The third-order valence-electron chi connectivity index (χ3n) is 12.9. The molecule has 4 heterocycles. The van der Waals surface area contributed by atoms with Crippen LogP contribution >= 0.6 is 37.9 Å². The number of carbonyl (C=O) groups excluding carboxylic acids is 3. The Hall–Kier alpha value is -2.98. The maximum atomic E-state index is 11.9. The molecule has 2 aromatic carbocycles. The van der Waals surface area contributed by atoms with E-state index in [4.69, 9.17) is 4.74 Å². The van der Waals surface area contributed by atoms with E-state index < -0.39 is 9.58 Å². The second-order valence-corrected chi connectivity index (χ2v) is 19.6. The summed E-state index contributed by atoms with van der Waals surface area (Å²) in [7, 11) is 5.27. The highest BCUT2D eigenvalue weighted by atomic mass is 32.2. The van der Waals surface area contributed by atoms with Gasteiger partial charge in [0.1, 0.15) is 18.3 Å². The van der Waals surface area contributed by atoms with Crippen LogP contribution in [-0.2, 0) is 29.1 Å². The zero-order valence-corrected chi connectivity index (χ0v) is 38.1. The van der Waals surface area contributed by atoms with Crippen LogP contribution in [0.25, 0.3) is 5.57 Å². The fourth-order valence-corrected chi connectivity index (χ4v) is 9.52. The number of nitrogens with zero attached hydrogens (tertiary/aromatic N) is 5. The Morgan fingerprint density at radius 3 is 2.46 bits per heavy atom. The van der Waals surface area contributed by atoms with Crippen molar-refractivity contribution in [2.24, 2.45) is 5.92 Å². The molecule has 1 amide bonds. The molecule has 0 saturated carbocycles. The molecule has 0 radical (unpaired) electrons. The molecule has 2 fully saturated rings. The Labute approximate surface area is 368 Å². The molecule has 1 unspecified atom stereocenters. The zero-order valence-electron chi connectivity index (χ0n) is 35.4. The number of rotatable bonds is 18. The number of piperazine rings is 1. The third kappa shape index (κ3) is 11.7. The quantitative estimate of drug-likeness (QED) is 0.0766. The molecular weight excluding hydrogens is 799 g/mol. The number of aryl methyl sites for hydroxylation is 1. The highest BCUT2D eigenvalue weighted by Gasteiger charge is 2.32. The van der Waals surface area contributed by atoms with E-state index in [0.717, 1.165) is 127 Å². The summed E-state index contributed by atoms with van der Waals surface area (Å²) in [5.74, 6) is 1.57. The van der Waals surface area contributed by atoms with Crippen molar-refractivity contribution in [1.29, 1.82) is 0 Å². The summed E-state index contributed by atoms with van der Waals surface area (Å²) in [4.78, 5) is 47.2. The van der Waals surface area contributed by atoms with Crippen molar-refractivity contribution >= 4 is 67.6 Å². The first-order valence-electron chi connectivity index (χ1n) is 21.4. The van der Waals surface area contributed by atoms with Crippen LogP contribution in [0.5, 0.6) is 5.75 Å². The smallest absolute Gasteiger partial charge is 0.219 e. The third-order valence-corrected chi connectivity index (χ3v) is 13.7. The number of hydrogen-bond donors (Lipinski definition) is 5. The number of methoxy groups -OCH3 is 1. The Bertz CT molecular complexity index is 1830. The molecule has 2 saturated heterocycles. The number of hydrogen-bond acceptors (Lipinski definition) is 13. The number of amides is 1. The summed E-state index contributed by atoms with van der Waals surface area (Å²) in [6.07, 6.45) is 10.1. The van der Waals surface area contributed by atoms with Crippen molar-refractivity contribution in [3.8, 4) is 5.75 Å². The lowest BCUT2D eigenvalue weighted by Gasteiger charge is -2.39. The molecule has 0 aliphatic carbocycles. The number of anilines is 1. The van der Waals surface area contributed by atoms with Crippen LogP contribution in [0.3, 0.4) is 0 Å². The van der Waals surface area contributed by atoms with Crippen LogP contribution in [0.2, 0.25) is 0 Å². The van der Waals surface area contributed by atoms with E-state index >= 15 is 0 Å². The van der Waals surface area contributed by atoms with Crippen molar-refractivity contribution in [3.05, 3.63) is 75.5 Å². The highest BCUT2D eigenvalue weighted by molar-refractivity contribution is 8.16. The average Bonchev–Trinajstić information content (AvgIpc) is 3.25. The normalized spacial score (nSPS) is 19.1. The van der Waals surface area contributed by atoms with Gasteiger partial charge in [0.2, 0.25) is 5.91 Å². The van der Waals surface area contributed by atoms with E-state index in [2.05, 4.69) is 99.4 Å². The predicted molar refractivity (Wildman–Crippen MR) is 249 cm³/mol. The van der Waals surface area contributed by atoms with Gasteiger partial charge in [-0.05, 0) is 117 Å². The van der Waals surface area contributed by atoms with Crippen LogP contribution in [0, 0.1) is 5.92 Å². The van der Waals surface area contributed by atoms with Gasteiger partial charge in [0, 0.05) is 108 Å². The molecule has 4 aliphatic rings. The molecule has 4 aliphatic heterocycles. The van der Waals surface area contributed by atoms with Crippen molar-refractivity contribution in [1.82, 2.24) is 30.2 Å². The molecule has 59 heavy (non-hydrogen) atoms. The Balaban J connectivity index is 0.996. The second-order valence-electron chi connectivity index (χ2n) is 16.6. The lowest BCUT2D eigenvalue weighted by molar-refractivity contribution is -0.121. The van der Waals surface area contributed by atoms with Gasteiger partial charge in [0.25, 0.3) is 0 Å². The topological polar surface area (TPSA) is 101 Å². The van der Waals surface area contributed by atoms with Gasteiger partial charge in [-0.3, -0.25) is 19.4 Å². The van der Waals surface area contributed by atoms with E-state index in [0.29, 0.717) is 24.4 Å². The zero-order chi connectivity index (χ0) is 42.1. The summed E-state index contributed by atoms with van der Waals surface area (Å²) in [6.45, 7) is 13.5. The number of nitrogens with one attached hydrogen (secondary N) is 2. The molecule has 1 atom stereocenters. The molecule has 6 rings (SSSR count). The number of allylic oxidation sites excluding steroid dienone is 1. The predicted octanol–water partition coefficient (Wildman–Crippen LogP) is 5.37. The number of ether oxygens (including phenoxy) is 1. The number of likely N-dealkylation sites (N-methyl/N-ethyl adjacent to an activating group) is 1. The Morgan fingerprint density at radius 1 is 1.05 bits per heavy atom. The summed E-state index contributed by atoms with van der Waals surface area (Å²) in [5, 5.41) is 6.15. The van der Waals surface area contributed by atoms with Crippen molar-refractivity contribution < 1.29 is 19.1 Å². The van der Waals surface area contributed by atoms with Gasteiger partial charge in [-0.25, -0.2) is 0 Å². The van der Waals surface area contributed by atoms with Gasteiger partial charge < -0.3 is 34.9 Å². The van der Waals surface area contributed by atoms with Crippen molar-refractivity contribution in [2.45, 2.75) is 74.5 Å². The van der Waals surface area contributed by atoms with E-state index in [1.165, 1.54) is 39.8 Å². The molecular formula is C45H65N7O4S3. The number of thiol groups is 3. The van der Waals surface area contributed by atoms with Gasteiger partial charge >= 0.3 is 0 Å². The van der Waals surface area contributed by atoms with Crippen molar-refractivity contribution in [3.63, 3.8) is 0 Å². The number of piperidine rings is 1. The molecule has 2 N–H and O–H groups in total. The maximum Gasteiger partial charge on any atom is 0.219 e. The lowest BCUT2D eigenvalue weighted by Crippen LogP contribution is -2.46. The molecule has 14 heteroatoms. The van der Waals surface area contributed by atoms with Crippen molar-refractivity contribution in [2.75, 3.05) is 91.6 Å². The average molecular weight is 864 g/mol. The van der Waals surface area contributed by atoms with Gasteiger partial charge in [-0.1, -0.05) is 13.0 Å². The molecule has 322 valence electrons.